The van der Waals surface area contributed by atoms with Crippen LogP contribution in [0.1, 0.15) is 18.5 Å². The average Bonchev–Trinajstić information content (AvgIpc) is 2.28. The summed E-state index contributed by atoms with van der Waals surface area (Å²) in [5, 5.41) is 0. The van der Waals surface area contributed by atoms with Gasteiger partial charge >= 0.3 is 11.9 Å². The molecule has 2 N–H and O–H groups in total. The predicted octanol–water partition coefficient (Wildman–Crippen LogP) is 2.79. The lowest BCUT2D eigenvalue weighted by Crippen LogP contribution is -2.41. The molecule has 0 amide bonds. The van der Waals surface area contributed by atoms with Crippen molar-refractivity contribution < 1.29 is 22.7 Å². The van der Waals surface area contributed by atoms with E-state index >= 15 is 0 Å². The van der Waals surface area contributed by atoms with Crippen LogP contribution >= 0.6 is 15.9 Å². The number of carbonyl (C=O) groups is 1. The van der Waals surface area contributed by atoms with E-state index in [1.165, 1.54) is 6.92 Å². The molecule has 1 atom stereocenters. The summed E-state index contributed by atoms with van der Waals surface area (Å²) in [5.74, 6) is -6.18. The lowest BCUT2D eigenvalue weighted by molar-refractivity contribution is -0.174. The maximum Gasteiger partial charge on any atom is 0.379 e. The molecule has 0 aliphatic carbocycles. The summed E-state index contributed by atoms with van der Waals surface area (Å²) in [6.07, 6.45) is 0. The highest BCUT2D eigenvalue weighted by Gasteiger charge is 2.48. The molecule has 0 unspecified atom stereocenters. The van der Waals surface area contributed by atoms with E-state index in [4.69, 9.17) is 5.73 Å². The Morgan fingerprint density at radius 2 is 2.17 bits per heavy atom. The van der Waals surface area contributed by atoms with Crippen LogP contribution in [0.15, 0.2) is 22.7 Å². The molecule has 3 nitrogen and oxygen atoms in total. The minimum absolute atomic E-state index is 0.0685. The fourth-order valence-electron chi connectivity index (χ4n) is 1.30. The largest absolute Gasteiger partial charge is 0.462 e. The molecule has 1 aromatic rings. The highest BCUT2D eigenvalue weighted by atomic mass is 79.9. The van der Waals surface area contributed by atoms with Crippen molar-refractivity contribution in [2.24, 2.45) is 5.73 Å². The molecule has 18 heavy (non-hydrogen) atoms. The molecule has 0 saturated heterocycles. The highest BCUT2D eigenvalue weighted by molar-refractivity contribution is 9.10. The number of esters is 1. The maximum absolute atomic E-state index is 13.6. The lowest BCUT2D eigenvalue weighted by Gasteiger charge is -2.22. The van der Waals surface area contributed by atoms with Crippen molar-refractivity contribution in [3.05, 3.63) is 34.1 Å². The molecule has 0 radical (unpaired) electrons. The Bertz CT molecular complexity index is 454. The first-order valence-electron chi connectivity index (χ1n) is 5.06. The van der Waals surface area contributed by atoms with Crippen LogP contribution in [0.4, 0.5) is 13.2 Å². The highest BCUT2D eigenvalue weighted by Crippen LogP contribution is 2.34. The van der Waals surface area contributed by atoms with Crippen LogP contribution < -0.4 is 5.73 Å². The van der Waals surface area contributed by atoms with Gasteiger partial charge in [-0.3, -0.25) is 0 Å². The smallest absolute Gasteiger partial charge is 0.379 e. The minimum Gasteiger partial charge on any atom is -0.462 e. The number of ether oxygens (including phenoxy) is 1. The monoisotopic (exact) mass is 325 g/mol. The SMILES string of the molecule is CCOC(=O)C(F)(F)[C@H](N)c1ccc(F)cc1Br. The maximum atomic E-state index is 13.6. The third-order valence-corrected chi connectivity index (χ3v) is 2.92. The zero-order valence-corrected chi connectivity index (χ0v) is 11.0. The van der Waals surface area contributed by atoms with Crippen LogP contribution in [0, 0.1) is 5.82 Å². The summed E-state index contributed by atoms with van der Waals surface area (Å²) >= 11 is 2.92. The molecule has 0 fully saturated rings. The molecule has 0 aromatic heterocycles. The quantitative estimate of drug-likeness (QED) is 0.866. The number of benzene rings is 1. The average molecular weight is 326 g/mol. The molecule has 0 aliphatic rings. The van der Waals surface area contributed by atoms with Gasteiger partial charge in [-0.05, 0) is 24.6 Å². The number of alkyl halides is 2. The number of hydrogen-bond donors (Lipinski definition) is 1. The molecule has 0 saturated carbocycles. The van der Waals surface area contributed by atoms with E-state index in [0.717, 1.165) is 18.2 Å². The molecule has 0 aliphatic heterocycles. The third kappa shape index (κ3) is 3.02. The van der Waals surface area contributed by atoms with Crippen LogP contribution in [0.2, 0.25) is 0 Å². The van der Waals surface area contributed by atoms with Crippen molar-refractivity contribution in [1.29, 1.82) is 0 Å². The fourth-order valence-corrected chi connectivity index (χ4v) is 1.90. The third-order valence-electron chi connectivity index (χ3n) is 2.24. The molecule has 100 valence electrons. The number of halogens is 4. The van der Waals surface area contributed by atoms with Crippen LogP contribution in [-0.2, 0) is 9.53 Å². The molecule has 7 heteroatoms. The van der Waals surface area contributed by atoms with Crippen molar-refractivity contribution in [3.8, 4) is 0 Å². The van der Waals surface area contributed by atoms with E-state index in [-0.39, 0.29) is 16.6 Å². The van der Waals surface area contributed by atoms with Crippen LogP contribution in [0.25, 0.3) is 0 Å². The van der Waals surface area contributed by atoms with Gasteiger partial charge in [-0.15, -0.1) is 0 Å². The Hall–Kier alpha value is -1.08. The number of hydrogen-bond acceptors (Lipinski definition) is 3. The molecule has 1 aromatic carbocycles. The summed E-state index contributed by atoms with van der Waals surface area (Å²) in [5.41, 5.74) is 5.28. The van der Waals surface area contributed by atoms with Gasteiger partial charge in [0.2, 0.25) is 0 Å². The molecule has 0 spiro atoms. The Morgan fingerprint density at radius 3 is 2.67 bits per heavy atom. The molecule has 1 rings (SSSR count). The van der Waals surface area contributed by atoms with Gasteiger partial charge in [-0.25, -0.2) is 9.18 Å². The van der Waals surface area contributed by atoms with Crippen molar-refractivity contribution in [2.75, 3.05) is 6.61 Å². The van der Waals surface area contributed by atoms with Gasteiger partial charge in [0.05, 0.1) is 6.61 Å². The lowest BCUT2D eigenvalue weighted by atomic mass is 10.0. The summed E-state index contributed by atoms with van der Waals surface area (Å²) in [4.78, 5) is 11.1. The van der Waals surface area contributed by atoms with Gasteiger partial charge in [-0.1, -0.05) is 22.0 Å². The van der Waals surface area contributed by atoms with Crippen molar-refractivity contribution >= 4 is 21.9 Å². The standard InChI is InChI=1S/C11H11BrF3NO2/c1-2-18-10(17)11(14,15)9(16)7-4-3-6(13)5-8(7)12/h3-5,9H,2,16H2,1H3/t9-/m1/s1. The topological polar surface area (TPSA) is 52.3 Å². The second-order valence-electron chi connectivity index (χ2n) is 3.49. The van der Waals surface area contributed by atoms with Crippen LogP contribution in [0.3, 0.4) is 0 Å². The first-order valence-corrected chi connectivity index (χ1v) is 5.85. The van der Waals surface area contributed by atoms with E-state index in [2.05, 4.69) is 20.7 Å². The van der Waals surface area contributed by atoms with Gasteiger partial charge in [-0.2, -0.15) is 8.78 Å². The van der Waals surface area contributed by atoms with Gasteiger partial charge < -0.3 is 10.5 Å². The van der Waals surface area contributed by atoms with Crippen molar-refractivity contribution in [1.82, 2.24) is 0 Å². The fraction of sp³-hybridized carbons (Fsp3) is 0.364. The van der Waals surface area contributed by atoms with Gasteiger partial charge in [0.25, 0.3) is 0 Å². The second kappa shape index (κ2) is 5.71. The number of nitrogens with two attached hydrogens (primary N) is 1. The summed E-state index contributed by atoms with van der Waals surface area (Å²) < 4.78 is 44.5. The van der Waals surface area contributed by atoms with Crippen LogP contribution in [0.5, 0.6) is 0 Å². The van der Waals surface area contributed by atoms with E-state index in [9.17, 15) is 18.0 Å². The molecule has 0 bridgehead atoms. The second-order valence-corrected chi connectivity index (χ2v) is 4.34. The van der Waals surface area contributed by atoms with Gasteiger partial charge in [0.15, 0.2) is 0 Å². The number of carbonyl (C=O) groups excluding carboxylic acids is 1. The zero-order valence-electron chi connectivity index (χ0n) is 9.42. The Balaban J connectivity index is 3.05. The normalized spacial score (nSPS) is 13.2. The van der Waals surface area contributed by atoms with Gasteiger partial charge in [0, 0.05) is 4.47 Å². The molecular formula is C11H11BrF3NO2. The van der Waals surface area contributed by atoms with E-state index in [1.807, 2.05) is 0 Å². The Morgan fingerprint density at radius 1 is 1.56 bits per heavy atom. The Kier molecular flexibility index (Phi) is 4.75. The number of rotatable bonds is 4. The minimum atomic E-state index is -3.88. The van der Waals surface area contributed by atoms with Crippen LogP contribution in [-0.4, -0.2) is 18.5 Å². The van der Waals surface area contributed by atoms with E-state index in [0.29, 0.717) is 0 Å². The van der Waals surface area contributed by atoms with Gasteiger partial charge in [0.1, 0.15) is 11.9 Å². The summed E-state index contributed by atoms with van der Waals surface area (Å²) in [6.45, 7) is 1.24. The van der Waals surface area contributed by atoms with E-state index in [1.54, 1.807) is 0 Å². The van der Waals surface area contributed by atoms with E-state index < -0.39 is 23.8 Å². The molecular weight excluding hydrogens is 315 g/mol. The Labute approximate surface area is 110 Å². The predicted molar refractivity (Wildman–Crippen MR) is 62.6 cm³/mol. The summed E-state index contributed by atoms with van der Waals surface area (Å²) in [6, 6.07) is 1.17. The summed E-state index contributed by atoms with van der Waals surface area (Å²) in [7, 11) is 0. The van der Waals surface area contributed by atoms with Crippen molar-refractivity contribution in [2.45, 2.75) is 18.9 Å². The van der Waals surface area contributed by atoms with Crippen molar-refractivity contribution in [3.63, 3.8) is 0 Å². The first-order chi connectivity index (χ1) is 8.30. The zero-order chi connectivity index (χ0) is 13.9. The molecule has 0 heterocycles. The first kappa shape index (κ1) is 15.0.